The zero-order valence-corrected chi connectivity index (χ0v) is 11.1. The van der Waals surface area contributed by atoms with Crippen LogP contribution in [-0.2, 0) is 0 Å². The number of aryl methyl sites for hydroxylation is 1. The van der Waals surface area contributed by atoms with Crippen LogP contribution < -0.4 is 5.32 Å². The molecule has 1 aromatic rings. The van der Waals surface area contributed by atoms with Gasteiger partial charge in [-0.3, -0.25) is 0 Å². The molecule has 16 heavy (non-hydrogen) atoms. The Bertz CT molecular complexity index is 293. The highest BCUT2D eigenvalue weighted by Crippen LogP contribution is 2.18. The first-order valence-electron chi connectivity index (χ1n) is 5.98. The molecule has 0 aliphatic heterocycles. The average molecular weight is 241 g/mol. The van der Waals surface area contributed by atoms with Crippen molar-refractivity contribution in [2.45, 2.75) is 39.0 Å². The molecule has 1 unspecified atom stereocenters. The lowest BCUT2D eigenvalue weighted by Gasteiger charge is -2.19. The summed E-state index contributed by atoms with van der Waals surface area (Å²) in [5, 5.41) is 3.46. The number of hydrogen-bond acceptors (Lipinski definition) is 2. The molecule has 0 amide bonds. The van der Waals surface area contributed by atoms with E-state index in [9.17, 15) is 0 Å². The number of hydrogen-bond donors (Lipinski definition) is 1. The average Bonchev–Trinajstić information content (AvgIpc) is 2.30. The molecular weight excluding hydrogens is 220 g/mol. The molecule has 3 heteroatoms. The van der Waals surface area contributed by atoms with Gasteiger partial charge >= 0.3 is 0 Å². The Kier molecular flexibility index (Phi) is 5.61. The third-order valence-electron chi connectivity index (χ3n) is 2.95. The van der Waals surface area contributed by atoms with Crippen LogP contribution in [0.25, 0.3) is 0 Å². The van der Waals surface area contributed by atoms with Crippen LogP contribution >= 0.6 is 11.6 Å². The van der Waals surface area contributed by atoms with E-state index in [1.165, 1.54) is 5.56 Å². The van der Waals surface area contributed by atoms with Gasteiger partial charge in [0.05, 0.1) is 5.38 Å². The van der Waals surface area contributed by atoms with Crippen LogP contribution in [0.3, 0.4) is 0 Å². The van der Waals surface area contributed by atoms with Crippen molar-refractivity contribution in [1.82, 2.24) is 4.98 Å². The summed E-state index contributed by atoms with van der Waals surface area (Å²) in [5.74, 6) is 1.49. The number of nitrogens with zero attached hydrogens (tertiary/aromatic N) is 1. The summed E-state index contributed by atoms with van der Waals surface area (Å²) in [6.07, 6.45) is 4.13. The SMILES string of the molecule is CCC(CC)C(Cl)CNc1ccc(C)cn1. The van der Waals surface area contributed by atoms with Crippen molar-refractivity contribution in [1.29, 1.82) is 0 Å². The third kappa shape index (κ3) is 4.01. The lowest BCUT2D eigenvalue weighted by molar-refractivity contribution is 0.475. The van der Waals surface area contributed by atoms with Crippen molar-refractivity contribution in [3.8, 4) is 0 Å². The molecule has 0 aromatic carbocycles. The maximum Gasteiger partial charge on any atom is 0.125 e. The van der Waals surface area contributed by atoms with Gasteiger partial charge in [0, 0.05) is 12.7 Å². The summed E-state index contributed by atoms with van der Waals surface area (Å²) < 4.78 is 0. The van der Waals surface area contributed by atoms with E-state index in [0.717, 1.165) is 25.2 Å². The van der Waals surface area contributed by atoms with Gasteiger partial charge in [0.25, 0.3) is 0 Å². The molecule has 0 radical (unpaired) electrons. The number of anilines is 1. The van der Waals surface area contributed by atoms with Crippen molar-refractivity contribution in [2.75, 3.05) is 11.9 Å². The molecular formula is C13H21ClN2. The van der Waals surface area contributed by atoms with E-state index in [0.29, 0.717) is 5.92 Å². The van der Waals surface area contributed by atoms with Crippen LogP contribution in [0.4, 0.5) is 5.82 Å². The predicted octanol–water partition coefficient (Wildman–Crippen LogP) is 3.85. The molecule has 0 aliphatic rings. The molecule has 0 spiro atoms. The maximum absolute atomic E-state index is 6.34. The number of aromatic nitrogens is 1. The fraction of sp³-hybridized carbons (Fsp3) is 0.615. The van der Waals surface area contributed by atoms with Gasteiger partial charge in [0.15, 0.2) is 0 Å². The van der Waals surface area contributed by atoms with Gasteiger partial charge in [-0.1, -0.05) is 32.8 Å². The van der Waals surface area contributed by atoms with Crippen molar-refractivity contribution in [3.63, 3.8) is 0 Å². The molecule has 1 atom stereocenters. The smallest absolute Gasteiger partial charge is 0.125 e. The van der Waals surface area contributed by atoms with Crippen LogP contribution in [0.5, 0.6) is 0 Å². The van der Waals surface area contributed by atoms with Gasteiger partial charge in [0.1, 0.15) is 5.82 Å². The van der Waals surface area contributed by atoms with Crippen LogP contribution in [-0.4, -0.2) is 16.9 Å². The van der Waals surface area contributed by atoms with Gasteiger partial charge in [-0.05, 0) is 24.5 Å². The number of halogens is 1. The minimum atomic E-state index is 0.179. The number of pyridine rings is 1. The van der Waals surface area contributed by atoms with Crippen molar-refractivity contribution in [2.24, 2.45) is 5.92 Å². The van der Waals surface area contributed by atoms with Gasteiger partial charge in [-0.25, -0.2) is 4.98 Å². The summed E-state index contributed by atoms with van der Waals surface area (Å²) in [5.41, 5.74) is 1.17. The van der Waals surface area contributed by atoms with E-state index >= 15 is 0 Å². The summed E-state index contributed by atoms with van der Waals surface area (Å²) in [6, 6.07) is 4.04. The summed E-state index contributed by atoms with van der Waals surface area (Å²) >= 11 is 6.34. The highest BCUT2D eigenvalue weighted by atomic mass is 35.5. The second-order valence-corrected chi connectivity index (χ2v) is 4.75. The Morgan fingerprint density at radius 2 is 2.00 bits per heavy atom. The van der Waals surface area contributed by atoms with Gasteiger partial charge in [-0.15, -0.1) is 11.6 Å². The van der Waals surface area contributed by atoms with Crippen LogP contribution in [0.1, 0.15) is 32.3 Å². The number of nitrogens with one attached hydrogen (secondary N) is 1. The first-order valence-corrected chi connectivity index (χ1v) is 6.41. The molecule has 1 aromatic heterocycles. The van der Waals surface area contributed by atoms with Crippen molar-refractivity contribution >= 4 is 17.4 Å². The van der Waals surface area contributed by atoms with Crippen molar-refractivity contribution < 1.29 is 0 Å². The second kappa shape index (κ2) is 6.74. The highest BCUT2D eigenvalue weighted by Gasteiger charge is 2.15. The van der Waals surface area contributed by atoms with Crippen LogP contribution in [0.15, 0.2) is 18.3 Å². The van der Waals surface area contributed by atoms with E-state index in [-0.39, 0.29) is 5.38 Å². The molecule has 1 heterocycles. The first kappa shape index (κ1) is 13.3. The zero-order chi connectivity index (χ0) is 12.0. The molecule has 0 saturated carbocycles. The molecule has 2 nitrogen and oxygen atoms in total. The van der Waals surface area contributed by atoms with Crippen LogP contribution in [0.2, 0.25) is 0 Å². The van der Waals surface area contributed by atoms with Gasteiger partial charge < -0.3 is 5.32 Å². The molecule has 0 aliphatic carbocycles. The van der Waals surface area contributed by atoms with E-state index in [4.69, 9.17) is 11.6 Å². The highest BCUT2D eigenvalue weighted by molar-refractivity contribution is 6.21. The van der Waals surface area contributed by atoms with E-state index < -0.39 is 0 Å². The molecule has 1 rings (SSSR count). The Morgan fingerprint density at radius 3 is 2.50 bits per heavy atom. The predicted molar refractivity (Wildman–Crippen MR) is 71.2 cm³/mol. The number of rotatable bonds is 6. The second-order valence-electron chi connectivity index (χ2n) is 4.19. The summed E-state index contributed by atoms with van der Waals surface area (Å²) in [7, 11) is 0. The number of alkyl halides is 1. The van der Waals surface area contributed by atoms with Gasteiger partial charge in [0.2, 0.25) is 0 Å². The molecule has 90 valence electrons. The zero-order valence-electron chi connectivity index (χ0n) is 10.3. The van der Waals surface area contributed by atoms with E-state index in [2.05, 4.69) is 30.2 Å². The monoisotopic (exact) mass is 240 g/mol. The Balaban J connectivity index is 2.42. The summed E-state index contributed by atoms with van der Waals surface area (Å²) in [6.45, 7) is 7.19. The molecule has 1 N–H and O–H groups in total. The minimum Gasteiger partial charge on any atom is -0.369 e. The quantitative estimate of drug-likeness (QED) is 0.765. The Labute approximate surface area is 103 Å². The Hall–Kier alpha value is -0.760. The third-order valence-corrected chi connectivity index (χ3v) is 3.46. The summed E-state index contributed by atoms with van der Waals surface area (Å²) in [4.78, 5) is 4.29. The fourth-order valence-corrected chi connectivity index (χ4v) is 2.17. The van der Waals surface area contributed by atoms with Gasteiger partial charge in [-0.2, -0.15) is 0 Å². The molecule has 0 saturated heterocycles. The lowest BCUT2D eigenvalue weighted by atomic mass is 9.99. The Morgan fingerprint density at radius 1 is 1.31 bits per heavy atom. The van der Waals surface area contributed by atoms with E-state index in [1.54, 1.807) is 0 Å². The molecule has 0 bridgehead atoms. The van der Waals surface area contributed by atoms with Crippen molar-refractivity contribution in [3.05, 3.63) is 23.9 Å². The normalized spacial score (nSPS) is 12.8. The molecule has 0 fully saturated rings. The maximum atomic E-state index is 6.34. The first-order chi connectivity index (χ1) is 7.67. The largest absolute Gasteiger partial charge is 0.369 e. The fourth-order valence-electron chi connectivity index (χ4n) is 1.74. The standard InChI is InChI=1S/C13H21ClN2/c1-4-11(5-2)12(14)9-16-13-7-6-10(3)8-15-13/h6-8,11-12H,4-5,9H2,1-3H3,(H,15,16). The lowest BCUT2D eigenvalue weighted by Crippen LogP contribution is -2.23. The van der Waals surface area contributed by atoms with E-state index in [1.807, 2.05) is 19.2 Å². The van der Waals surface area contributed by atoms with Crippen LogP contribution in [0, 0.1) is 12.8 Å². The topological polar surface area (TPSA) is 24.9 Å². The minimum absolute atomic E-state index is 0.179.